The molecular weight excluding hydrogens is 1250 g/mol. The highest BCUT2D eigenvalue weighted by molar-refractivity contribution is 8.00. The Bertz CT molecular complexity index is 3900. The molecule has 14 nitrogen and oxygen atoms in total. The second-order valence-electron chi connectivity index (χ2n) is 26.4. The van der Waals surface area contributed by atoms with Gasteiger partial charge in [-0.3, -0.25) is 19.2 Å². The van der Waals surface area contributed by atoms with E-state index in [1.807, 2.05) is 188 Å². The summed E-state index contributed by atoms with van der Waals surface area (Å²) in [7, 11) is 1.59. The molecule has 2 aliphatic carbocycles. The maximum atomic E-state index is 16.5. The number of esters is 3. The number of nitrogens with one attached hydrogen (secondary N) is 3. The van der Waals surface area contributed by atoms with Crippen molar-refractivity contribution in [3.05, 3.63) is 267 Å². The van der Waals surface area contributed by atoms with Gasteiger partial charge >= 0.3 is 24.0 Å². The number of methoxy groups -OCH3 is 1. The Balaban J connectivity index is 1.06. The van der Waals surface area contributed by atoms with Gasteiger partial charge in [0.15, 0.2) is 5.60 Å². The molecule has 0 bridgehead atoms. The van der Waals surface area contributed by atoms with Gasteiger partial charge in [-0.25, -0.2) is 9.59 Å². The molecule has 3 amide bonds. The number of carbonyl (C=O) groups excluding carboxylic acids is 6. The number of hydrogen-bond donors (Lipinski definition) is 3. The first-order valence-electron chi connectivity index (χ1n) is 32.8. The summed E-state index contributed by atoms with van der Waals surface area (Å²) < 4.78 is 29.2. The van der Waals surface area contributed by atoms with E-state index < -0.39 is 88.3 Å². The Morgan fingerprint density at radius 3 is 1.44 bits per heavy atom. The minimum atomic E-state index is -1.81. The van der Waals surface area contributed by atoms with E-state index in [9.17, 15) is 14.4 Å². The number of benzene rings is 8. The van der Waals surface area contributed by atoms with E-state index >= 15 is 14.4 Å². The third kappa shape index (κ3) is 16.7. The van der Waals surface area contributed by atoms with Gasteiger partial charge in [0.05, 0.1) is 24.7 Å². The number of thioether (sulfide) groups is 1. The van der Waals surface area contributed by atoms with Gasteiger partial charge in [0.25, 0.3) is 0 Å². The molecule has 1 saturated carbocycles. The fraction of sp³-hybridized carbons (Fsp3) is 0.325. The molecule has 498 valence electrons. The number of fused-ring (bicyclic) bond motifs is 3. The molecule has 8 aromatic rings. The number of halogens is 1. The average Bonchev–Trinajstić information content (AvgIpc) is 0.898. The lowest BCUT2D eigenvalue weighted by Gasteiger charge is -2.39. The molecule has 10 rings (SSSR count). The maximum Gasteiger partial charge on any atom is 0.407 e. The highest BCUT2D eigenvalue weighted by Crippen LogP contribution is 2.51. The molecule has 16 heteroatoms. The van der Waals surface area contributed by atoms with Crippen molar-refractivity contribution in [3.63, 3.8) is 0 Å². The first-order chi connectivity index (χ1) is 46.1. The van der Waals surface area contributed by atoms with E-state index in [0.29, 0.717) is 33.4 Å². The van der Waals surface area contributed by atoms with Gasteiger partial charge in [0, 0.05) is 33.4 Å². The SMILES string of the molecule is COc1ccc(C(SC[C@H](NC(=O)[C@H](CC(=O)OC(C)(C)C)NC(=O)[C@H](CC(=O)OC(C)(C)C)NC(=O)OCC2c3ccccc3-c3ccccc32)C(=O)OC(c2ccccc2)(c2ccc(C3CCCCCC3)cc2)c2ccccc2Cl)(c2ccccc2)c2ccccc2)cc1. The summed E-state index contributed by atoms with van der Waals surface area (Å²) >= 11 is 8.70. The molecular formula is C80H84ClN3O11S. The molecule has 2 aliphatic rings. The molecule has 0 aliphatic heterocycles. The van der Waals surface area contributed by atoms with Crippen LogP contribution in [0.3, 0.4) is 0 Å². The zero-order valence-electron chi connectivity index (χ0n) is 55.4. The summed E-state index contributed by atoms with van der Waals surface area (Å²) in [6, 6.07) is 62.5. The average molecular weight is 1330 g/mol. The van der Waals surface area contributed by atoms with Crippen LogP contribution in [0, 0.1) is 0 Å². The maximum absolute atomic E-state index is 16.5. The standard InChI is InChI=1S/C80H84ClN3O11S/c1-77(2,3)93-71(85)49-68(82-74(88)69(50-72(86)94-78(4,5)6)84-76(90)92-51-65-63-37-23-21-35-61(63)62-36-22-24-38-64(62)65)73(87)83-70(52-96-80(57-31-17-11-18-32-57,58-33-19-12-20-34-58)59-45-47-60(91-7)48-46-59)75(89)95-79(55-29-15-10-16-30-55,66-39-25-26-40-67(66)81)56-43-41-54(42-44-56)53-27-13-8-9-14-28-53/h10-12,15-26,29-48,53,65,68-70H,8-9,13-14,27-28,49-52H2,1-7H3,(H,82,88)(H,83,87)(H,84,90)/t68-,69-,70-,79?/m0/s1. The van der Waals surface area contributed by atoms with Gasteiger partial charge in [-0.2, -0.15) is 0 Å². The lowest BCUT2D eigenvalue weighted by molar-refractivity contribution is -0.159. The minimum Gasteiger partial charge on any atom is -0.497 e. The second kappa shape index (κ2) is 31.1. The van der Waals surface area contributed by atoms with E-state index in [-0.39, 0.29) is 18.3 Å². The van der Waals surface area contributed by atoms with E-state index in [1.165, 1.54) is 30.2 Å². The van der Waals surface area contributed by atoms with E-state index in [4.69, 9.17) is 35.3 Å². The number of alkyl carbamates (subject to hydrolysis) is 1. The molecule has 4 atom stereocenters. The third-order valence-corrected chi connectivity index (χ3v) is 19.4. The molecule has 1 unspecified atom stereocenters. The zero-order valence-corrected chi connectivity index (χ0v) is 57.0. The van der Waals surface area contributed by atoms with Crippen LogP contribution in [0.25, 0.3) is 11.1 Å². The van der Waals surface area contributed by atoms with Crippen LogP contribution in [0.2, 0.25) is 5.02 Å². The van der Waals surface area contributed by atoms with Gasteiger partial charge in [0.1, 0.15) is 41.7 Å². The monoisotopic (exact) mass is 1330 g/mol. The van der Waals surface area contributed by atoms with Crippen molar-refractivity contribution in [1.82, 2.24) is 16.0 Å². The molecule has 0 heterocycles. The van der Waals surface area contributed by atoms with Crippen molar-refractivity contribution in [2.45, 2.75) is 144 Å². The fourth-order valence-corrected chi connectivity index (χ4v) is 14.9. The summed E-state index contributed by atoms with van der Waals surface area (Å²) in [5, 5.41) is 8.55. The number of amides is 3. The van der Waals surface area contributed by atoms with Crippen LogP contribution in [0.1, 0.15) is 155 Å². The topological polar surface area (TPSA) is 185 Å². The smallest absolute Gasteiger partial charge is 0.407 e. The Kier molecular flexibility index (Phi) is 22.6. The van der Waals surface area contributed by atoms with Crippen molar-refractivity contribution >= 4 is 59.2 Å². The Morgan fingerprint density at radius 2 is 0.927 bits per heavy atom. The summed E-state index contributed by atoms with van der Waals surface area (Å²) in [5.74, 6) is -4.28. The van der Waals surface area contributed by atoms with E-state index in [2.05, 4.69) is 28.1 Å². The van der Waals surface area contributed by atoms with Gasteiger partial charge in [0.2, 0.25) is 11.8 Å². The largest absolute Gasteiger partial charge is 0.497 e. The number of hydrogen-bond acceptors (Lipinski definition) is 12. The van der Waals surface area contributed by atoms with Crippen LogP contribution in [0.15, 0.2) is 212 Å². The molecule has 0 spiro atoms. The predicted molar refractivity (Wildman–Crippen MR) is 376 cm³/mol. The second-order valence-corrected chi connectivity index (χ2v) is 28.1. The first-order valence-corrected chi connectivity index (χ1v) is 34.2. The summed E-state index contributed by atoms with van der Waals surface area (Å²) in [5.41, 5.74) is 5.33. The highest BCUT2D eigenvalue weighted by Gasteiger charge is 2.46. The Labute approximate surface area is 572 Å². The fourth-order valence-electron chi connectivity index (χ4n) is 13.0. The molecule has 0 radical (unpaired) electrons. The molecule has 1 fully saturated rings. The lowest BCUT2D eigenvalue weighted by atomic mass is 9.79. The number of rotatable bonds is 24. The summed E-state index contributed by atoms with van der Waals surface area (Å²) in [6.07, 6.45) is 4.23. The molecule has 0 aromatic heterocycles. The van der Waals surface area contributed by atoms with Crippen LogP contribution < -0.4 is 20.7 Å². The molecule has 96 heavy (non-hydrogen) atoms. The molecule has 8 aromatic carbocycles. The van der Waals surface area contributed by atoms with Crippen LogP contribution >= 0.6 is 23.4 Å². The molecule has 0 saturated heterocycles. The van der Waals surface area contributed by atoms with Crippen LogP contribution in [-0.4, -0.2) is 84.6 Å². The van der Waals surface area contributed by atoms with Crippen molar-refractivity contribution in [3.8, 4) is 16.9 Å². The predicted octanol–water partition coefficient (Wildman–Crippen LogP) is 15.7. The number of ether oxygens (including phenoxy) is 5. The normalized spacial score (nSPS) is 15.0. The highest BCUT2D eigenvalue weighted by atomic mass is 35.5. The van der Waals surface area contributed by atoms with Crippen molar-refractivity contribution < 1.29 is 52.5 Å². The summed E-state index contributed by atoms with van der Waals surface area (Å²) in [6.45, 7) is 9.84. The van der Waals surface area contributed by atoms with Crippen LogP contribution in [0.4, 0.5) is 4.79 Å². The van der Waals surface area contributed by atoms with Crippen molar-refractivity contribution in [2.24, 2.45) is 0 Å². The third-order valence-electron chi connectivity index (χ3n) is 17.4. The van der Waals surface area contributed by atoms with Crippen LogP contribution in [0.5, 0.6) is 5.75 Å². The number of carbonyl (C=O) groups is 6. The minimum absolute atomic E-state index is 0.123. The van der Waals surface area contributed by atoms with Gasteiger partial charge in [-0.1, -0.05) is 231 Å². The summed E-state index contributed by atoms with van der Waals surface area (Å²) in [4.78, 5) is 89.6. The van der Waals surface area contributed by atoms with Gasteiger partial charge in [-0.05, 0) is 123 Å². The zero-order chi connectivity index (χ0) is 68.0. The van der Waals surface area contributed by atoms with Gasteiger partial charge in [-0.15, -0.1) is 11.8 Å². The van der Waals surface area contributed by atoms with Gasteiger partial charge < -0.3 is 39.6 Å². The van der Waals surface area contributed by atoms with E-state index in [0.717, 1.165) is 64.6 Å². The quantitative estimate of drug-likeness (QED) is 0.0225. The van der Waals surface area contributed by atoms with Crippen molar-refractivity contribution in [2.75, 3.05) is 19.5 Å². The Morgan fingerprint density at radius 1 is 0.490 bits per heavy atom. The molecule has 3 N–H and O–H groups in total. The van der Waals surface area contributed by atoms with Crippen molar-refractivity contribution in [1.29, 1.82) is 0 Å². The Hall–Kier alpha value is -9.18. The van der Waals surface area contributed by atoms with E-state index in [1.54, 1.807) is 60.8 Å². The lowest BCUT2D eigenvalue weighted by Crippen LogP contribution is -2.58. The van der Waals surface area contributed by atoms with Crippen LogP contribution in [-0.2, 0) is 53.3 Å². The first kappa shape index (κ1) is 69.6.